The molecule has 0 bridgehead atoms. The zero-order chi connectivity index (χ0) is 14.0. The lowest BCUT2D eigenvalue weighted by molar-refractivity contribution is 0.0952. The molecule has 0 spiro atoms. The molecule has 1 saturated carbocycles. The van der Waals surface area contributed by atoms with Gasteiger partial charge in [0.25, 0.3) is 15.0 Å². The van der Waals surface area contributed by atoms with Gasteiger partial charge in [0, 0.05) is 22.8 Å². The molecule has 1 aromatic rings. The highest BCUT2D eigenvalue weighted by molar-refractivity contribution is 8.13. The summed E-state index contributed by atoms with van der Waals surface area (Å²) in [5.74, 6) is -0.637. The van der Waals surface area contributed by atoms with Crippen molar-refractivity contribution in [3.63, 3.8) is 0 Å². The summed E-state index contributed by atoms with van der Waals surface area (Å²) >= 11 is 0. The van der Waals surface area contributed by atoms with Crippen molar-refractivity contribution in [2.45, 2.75) is 24.2 Å². The molecule has 0 radical (unpaired) electrons. The number of nitrogens with one attached hydrogen (secondary N) is 1. The van der Waals surface area contributed by atoms with Crippen molar-refractivity contribution in [3.8, 4) is 0 Å². The predicted molar refractivity (Wildman–Crippen MR) is 69.1 cm³/mol. The Morgan fingerprint density at radius 1 is 1.37 bits per heavy atom. The number of benzene rings is 1. The number of hydrogen-bond acceptors (Lipinski definition) is 3. The van der Waals surface area contributed by atoms with E-state index >= 15 is 0 Å². The van der Waals surface area contributed by atoms with Crippen molar-refractivity contribution in [3.05, 3.63) is 29.6 Å². The van der Waals surface area contributed by atoms with Crippen LogP contribution >= 0.6 is 10.7 Å². The van der Waals surface area contributed by atoms with Gasteiger partial charge >= 0.3 is 0 Å². The van der Waals surface area contributed by atoms with E-state index in [0.717, 1.165) is 24.6 Å². The molecular weight excluding hydrogens is 293 g/mol. The van der Waals surface area contributed by atoms with Crippen molar-refractivity contribution < 1.29 is 17.6 Å². The van der Waals surface area contributed by atoms with Gasteiger partial charge in [0.15, 0.2) is 0 Å². The molecular formula is C12H13ClFNO3S. The average molecular weight is 306 g/mol. The van der Waals surface area contributed by atoms with Crippen LogP contribution in [0.1, 0.15) is 29.6 Å². The summed E-state index contributed by atoms with van der Waals surface area (Å²) < 4.78 is 35.6. The van der Waals surface area contributed by atoms with Crippen LogP contribution in [-0.4, -0.2) is 20.9 Å². The smallest absolute Gasteiger partial charge is 0.261 e. The molecule has 1 aliphatic rings. The standard InChI is InChI=1S/C12H13ClFNO3S/c13-19(17,18)11-6-9(5-10(14)7-11)12(16)15-4-3-8-1-2-8/h5-8H,1-4H2,(H,15,16). The van der Waals surface area contributed by atoms with Crippen molar-refractivity contribution >= 4 is 25.6 Å². The first-order valence-corrected chi connectivity index (χ1v) is 8.20. The van der Waals surface area contributed by atoms with Gasteiger partial charge in [0.1, 0.15) is 5.82 Å². The maximum Gasteiger partial charge on any atom is 0.261 e. The largest absolute Gasteiger partial charge is 0.352 e. The van der Waals surface area contributed by atoms with E-state index in [1.165, 1.54) is 12.8 Å². The molecule has 0 saturated heterocycles. The van der Waals surface area contributed by atoms with Gasteiger partial charge in [-0.3, -0.25) is 4.79 Å². The maximum atomic E-state index is 13.3. The second-order valence-corrected chi connectivity index (χ2v) is 7.17. The zero-order valence-electron chi connectivity index (χ0n) is 10.0. The summed E-state index contributed by atoms with van der Waals surface area (Å²) in [6.07, 6.45) is 3.26. The van der Waals surface area contributed by atoms with E-state index in [9.17, 15) is 17.6 Å². The van der Waals surface area contributed by atoms with Crippen LogP contribution in [0.5, 0.6) is 0 Å². The van der Waals surface area contributed by atoms with Crippen LogP contribution in [0, 0.1) is 11.7 Å². The summed E-state index contributed by atoms with van der Waals surface area (Å²) in [6, 6.07) is 2.83. The fraction of sp³-hybridized carbons (Fsp3) is 0.417. The Morgan fingerprint density at radius 3 is 2.63 bits per heavy atom. The first-order chi connectivity index (χ1) is 8.86. The van der Waals surface area contributed by atoms with Gasteiger partial charge < -0.3 is 5.32 Å². The summed E-state index contributed by atoms with van der Waals surface area (Å²) in [6.45, 7) is 0.503. The van der Waals surface area contributed by atoms with E-state index in [1.54, 1.807) is 0 Å². The van der Waals surface area contributed by atoms with Crippen LogP contribution in [0.25, 0.3) is 0 Å². The van der Waals surface area contributed by atoms with Gasteiger partial charge in [-0.1, -0.05) is 12.8 Å². The lowest BCUT2D eigenvalue weighted by Crippen LogP contribution is -2.25. The van der Waals surface area contributed by atoms with Crippen molar-refractivity contribution in [2.75, 3.05) is 6.54 Å². The van der Waals surface area contributed by atoms with E-state index in [4.69, 9.17) is 10.7 Å². The monoisotopic (exact) mass is 305 g/mol. The number of halogens is 2. The van der Waals surface area contributed by atoms with Crippen LogP contribution in [0.3, 0.4) is 0 Å². The Labute approximate surface area is 115 Å². The molecule has 4 nitrogen and oxygen atoms in total. The fourth-order valence-electron chi connectivity index (χ4n) is 1.73. The number of carbonyl (C=O) groups excluding carboxylic acids is 1. The Morgan fingerprint density at radius 2 is 2.05 bits per heavy atom. The van der Waals surface area contributed by atoms with E-state index in [0.29, 0.717) is 12.5 Å². The van der Waals surface area contributed by atoms with E-state index in [1.807, 2.05) is 0 Å². The highest BCUT2D eigenvalue weighted by Gasteiger charge is 2.21. The third-order valence-electron chi connectivity index (χ3n) is 2.95. The van der Waals surface area contributed by atoms with E-state index < -0.39 is 25.7 Å². The summed E-state index contributed by atoms with van der Waals surface area (Å²) in [5, 5.41) is 2.63. The van der Waals surface area contributed by atoms with Gasteiger partial charge in [0.2, 0.25) is 0 Å². The van der Waals surface area contributed by atoms with E-state index in [2.05, 4.69) is 5.32 Å². The Balaban J connectivity index is 2.09. The van der Waals surface area contributed by atoms with Crippen LogP contribution in [0.15, 0.2) is 23.1 Å². The molecule has 1 amide bonds. The van der Waals surface area contributed by atoms with Crippen LogP contribution in [-0.2, 0) is 9.05 Å². The minimum Gasteiger partial charge on any atom is -0.352 e. The molecule has 0 aliphatic heterocycles. The molecule has 1 aliphatic carbocycles. The summed E-state index contributed by atoms with van der Waals surface area (Å²) in [7, 11) is 1.08. The molecule has 1 N–H and O–H groups in total. The number of amides is 1. The topological polar surface area (TPSA) is 63.2 Å². The molecule has 0 heterocycles. The minimum atomic E-state index is -4.05. The maximum absolute atomic E-state index is 13.3. The molecule has 1 aromatic carbocycles. The summed E-state index contributed by atoms with van der Waals surface area (Å²) in [5.41, 5.74) is -0.0463. The molecule has 0 atom stereocenters. The first-order valence-electron chi connectivity index (χ1n) is 5.90. The molecule has 7 heteroatoms. The Bertz CT molecular complexity index is 599. The first kappa shape index (κ1) is 14.3. The number of rotatable bonds is 5. The van der Waals surface area contributed by atoms with Gasteiger partial charge in [-0.2, -0.15) is 0 Å². The normalized spacial score (nSPS) is 15.3. The van der Waals surface area contributed by atoms with Crippen molar-refractivity contribution in [2.24, 2.45) is 5.92 Å². The lowest BCUT2D eigenvalue weighted by atomic mass is 10.2. The van der Waals surface area contributed by atoms with Crippen LogP contribution < -0.4 is 5.32 Å². The molecule has 2 rings (SSSR count). The van der Waals surface area contributed by atoms with Gasteiger partial charge in [-0.15, -0.1) is 0 Å². The Hall–Kier alpha value is -1.14. The molecule has 19 heavy (non-hydrogen) atoms. The highest BCUT2D eigenvalue weighted by atomic mass is 35.7. The lowest BCUT2D eigenvalue weighted by Gasteiger charge is -2.06. The predicted octanol–water partition coefficient (Wildman–Crippen LogP) is 2.28. The quantitative estimate of drug-likeness (QED) is 0.849. The van der Waals surface area contributed by atoms with Gasteiger partial charge in [-0.25, -0.2) is 12.8 Å². The second-order valence-electron chi connectivity index (χ2n) is 4.60. The summed E-state index contributed by atoms with van der Waals surface area (Å²) in [4.78, 5) is 11.3. The number of hydrogen-bond donors (Lipinski definition) is 1. The van der Waals surface area contributed by atoms with Crippen molar-refractivity contribution in [1.29, 1.82) is 0 Å². The third-order valence-corrected chi connectivity index (χ3v) is 4.28. The molecule has 104 valence electrons. The average Bonchev–Trinajstić information content (AvgIpc) is 3.11. The zero-order valence-corrected chi connectivity index (χ0v) is 11.6. The Kier molecular flexibility index (Phi) is 4.10. The van der Waals surface area contributed by atoms with E-state index in [-0.39, 0.29) is 5.56 Å². The van der Waals surface area contributed by atoms with Gasteiger partial charge in [-0.05, 0) is 30.5 Å². The van der Waals surface area contributed by atoms with Crippen molar-refractivity contribution in [1.82, 2.24) is 5.32 Å². The fourth-order valence-corrected chi connectivity index (χ4v) is 2.52. The third kappa shape index (κ3) is 4.18. The van der Waals surface area contributed by atoms with Gasteiger partial charge in [0.05, 0.1) is 4.90 Å². The molecule has 0 unspecified atom stereocenters. The molecule has 1 fully saturated rings. The second kappa shape index (κ2) is 5.46. The minimum absolute atomic E-state index is 0.0463. The van der Waals surface area contributed by atoms with Crippen LogP contribution in [0.4, 0.5) is 4.39 Å². The van der Waals surface area contributed by atoms with Crippen LogP contribution in [0.2, 0.25) is 0 Å². The molecule has 0 aromatic heterocycles. The SMILES string of the molecule is O=C(NCCC1CC1)c1cc(F)cc(S(=O)(=O)Cl)c1. The highest BCUT2D eigenvalue weighted by Crippen LogP contribution is 2.31. The number of carbonyl (C=O) groups is 1.